The second-order valence-corrected chi connectivity index (χ2v) is 4.05. The van der Waals surface area contributed by atoms with Gasteiger partial charge in [0.25, 0.3) is 0 Å². The summed E-state index contributed by atoms with van der Waals surface area (Å²) in [5.41, 5.74) is 5.37. The molecule has 6 nitrogen and oxygen atoms in total. The molecule has 0 bridgehead atoms. The summed E-state index contributed by atoms with van der Waals surface area (Å²) in [6, 6.07) is 0. The maximum absolute atomic E-state index is 5.69. The summed E-state index contributed by atoms with van der Waals surface area (Å²) in [5, 5.41) is 6.50. The Hall–Kier alpha value is -0.920. The van der Waals surface area contributed by atoms with Crippen LogP contribution in [0.5, 0.6) is 0 Å². The van der Waals surface area contributed by atoms with Crippen molar-refractivity contribution in [1.82, 2.24) is 14.8 Å². The minimum Gasteiger partial charge on any atom is -0.378 e. The third-order valence-electron chi connectivity index (χ3n) is 2.73. The largest absolute Gasteiger partial charge is 0.378 e. The number of aromatic amines is 1. The zero-order valence-corrected chi connectivity index (χ0v) is 9.34. The molecule has 0 spiro atoms. The molecule has 1 aromatic rings. The first kappa shape index (κ1) is 10.6. The van der Waals surface area contributed by atoms with E-state index in [0.29, 0.717) is 30.5 Å². The number of nitrogens with two attached hydrogens (primary N) is 1. The summed E-state index contributed by atoms with van der Waals surface area (Å²) in [5.74, 6) is 0.378. The Balaban J connectivity index is 2.23. The third-order valence-corrected chi connectivity index (χ3v) is 3.05. The molecule has 1 fully saturated rings. The maximum Gasteiger partial charge on any atom is 0.220 e. The molecule has 0 radical (unpaired) electrons. The molecular formula is C8H14N4O2S. The van der Waals surface area contributed by atoms with Gasteiger partial charge in [-0.05, 0) is 12.2 Å². The number of H-pyrrole nitrogens is 1. The summed E-state index contributed by atoms with van der Waals surface area (Å²) < 4.78 is 13.1. The lowest BCUT2D eigenvalue weighted by atomic mass is 10.0. The van der Waals surface area contributed by atoms with E-state index in [-0.39, 0.29) is 5.60 Å². The Labute approximate surface area is 92.4 Å². The Kier molecular flexibility index (Phi) is 2.76. The smallest absolute Gasteiger partial charge is 0.220 e. The first-order chi connectivity index (χ1) is 7.17. The third kappa shape index (κ3) is 1.90. The highest BCUT2D eigenvalue weighted by atomic mass is 32.1. The number of nitrogen functional groups attached to an aromatic ring is 1. The van der Waals surface area contributed by atoms with Crippen LogP contribution < -0.4 is 5.73 Å². The van der Waals surface area contributed by atoms with E-state index in [2.05, 4.69) is 10.2 Å². The van der Waals surface area contributed by atoms with Crippen molar-refractivity contribution in [1.29, 1.82) is 0 Å². The fourth-order valence-electron chi connectivity index (χ4n) is 1.71. The quantitative estimate of drug-likeness (QED) is 0.732. The minimum atomic E-state index is -0.323. The number of ether oxygens (including phenoxy) is 2. The van der Waals surface area contributed by atoms with Gasteiger partial charge in [-0.1, -0.05) is 0 Å². The van der Waals surface area contributed by atoms with Crippen LogP contribution in [-0.2, 0) is 16.0 Å². The molecule has 0 aromatic carbocycles. The number of aromatic nitrogens is 3. The number of nitrogens with one attached hydrogen (secondary N) is 1. The normalized spacial score (nSPS) is 25.9. The highest BCUT2D eigenvalue weighted by molar-refractivity contribution is 7.71. The van der Waals surface area contributed by atoms with Gasteiger partial charge in [0.15, 0.2) is 4.77 Å². The summed E-state index contributed by atoms with van der Waals surface area (Å²) in [6.45, 7) is 1.85. The molecule has 3 N–H and O–H groups in total. The van der Waals surface area contributed by atoms with Gasteiger partial charge in [-0.25, -0.2) is 5.10 Å². The Morgan fingerprint density at radius 1 is 1.80 bits per heavy atom. The van der Waals surface area contributed by atoms with Gasteiger partial charge in [-0.15, -0.1) is 5.10 Å². The molecule has 0 saturated carbocycles. The average molecular weight is 230 g/mol. The van der Waals surface area contributed by atoms with Gasteiger partial charge in [-0.2, -0.15) is 0 Å². The van der Waals surface area contributed by atoms with Crippen LogP contribution in [0.4, 0.5) is 5.95 Å². The van der Waals surface area contributed by atoms with Crippen molar-refractivity contribution in [2.75, 3.05) is 26.1 Å². The van der Waals surface area contributed by atoms with E-state index in [1.165, 1.54) is 0 Å². The predicted molar refractivity (Wildman–Crippen MR) is 57.0 cm³/mol. The topological polar surface area (TPSA) is 78.1 Å². The van der Waals surface area contributed by atoms with Crippen molar-refractivity contribution in [3.05, 3.63) is 4.77 Å². The van der Waals surface area contributed by atoms with E-state index < -0.39 is 0 Å². The molecule has 0 aliphatic carbocycles. The Morgan fingerprint density at radius 2 is 2.60 bits per heavy atom. The molecule has 7 heteroatoms. The fraction of sp³-hybridized carbons (Fsp3) is 0.750. The molecule has 1 unspecified atom stereocenters. The van der Waals surface area contributed by atoms with Crippen molar-refractivity contribution in [3.8, 4) is 0 Å². The van der Waals surface area contributed by atoms with E-state index in [9.17, 15) is 0 Å². The van der Waals surface area contributed by atoms with Gasteiger partial charge in [0.05, 0.1) is 13.2 Å². The van der Waals surface area contributed by atoms with Gasteiger partial charge >= 0.3 is 0 Å². The van der Waals surface area contributed by atoms with Gasteiger partial charge in [0, 0.05) is 20.1 Å². The van der Waals surface area contributed by atoms with Crippen LogP contribution in [0.3, 0.4) is 0 Å². The SMILES string of the molecule is COC1(Cn2c(N)n[nH]c2=S)CCOC1. The summed E-state index contributed by atoms with van der Waals surface area (Å²) in [4.78, 5) is 0. The monoisotopic (exact) mass is 230 g/mol. The number of nitrogens with zero attached hydrogens (tertiary/aromatic N) is 2. The van der Waals surface area contributed by atoms with E-state index in [1.807, 2.05) is 0 Å². The predicted octanol–water partition coefficient (Wildman–Crippen LogP) is 0.328. The van der Waals surface area contributed by atoms with Crippen LogP contribution in [-0.4, -0.2) is 40.7 Å². The van der Waals surface area contributed by atoms with Gasteiger partial charge in [0.1, 0.15) is 5.60 Å². The molecule has 1 aliphatic rings. The van der Waals surface area contributed by atoms with Gasteiger partial charge < -0.3 is 15.2 Å². The average Bonchev–Trinajstić information content (AvgIpc) is 2.81. The highest BCUT2D eigenvalue weighted by Crippen LogP contribution is 2.25. The summed E-state index contributed by atoms with van der Waals surface area (Å²) >= 11 is 5.07. The molecule has 0 amide bonds. The van der Waals surface area contributed by atoms with E-state index in [0.717, 1.165) is 6.42 Å². The Morgan fingerprint density at radius 3 is 3.07 bits per heavy atom. The van der Waals surface area contributed by atoms with Crippen molar-refractivity contribution in [2.45, 2.75) is 18.6 Å². The van der Waals surface area contributed by atoms with Gasteiger partial charge in [0.2, 0.25) is 5.95 Å². The van der Waals surface area contributed by atoms with Crippen LogP contribution in [0.15, 0.2) is 0 Å². The molecule has 1 saturated heterocycles. The summed E-state index contributed by atoms with van der Waals surface area (Å²) in [6.07, 6.45) is 0.843. The van der Waals surface area contributed by atoms with E-state index in [4.69, 9.17) is 27.4 Å². The first-order valence-electron chi connectivity index (χ1n) is 4.70. The second-order valence-electron chi connectivity index (χ2n) is 3.66. The van der Waals surface area contributed by atoms with Crippen LogP contribution in [0.25, 0.3) is 0 Å². The number of rotatable bonds is 3. The van der Waals surface area contributed by atoms with Crippen LogP contribution in [0.1, 0.15) is 6.42 Å². The number of hydrogen-bond acceptors (Lipinski definition) is 5. The standard InChI is InChI=1S/C8H14N4O2S/c1-13-8(2-3-14-5-8)4-12-6(9)10-11-7(12)15/h2-5H2,1H3,(H2,9,10)(H,11,15). The molecule has 2 rings (SSSR count). The lowest BCUT2D eigenvalue weighted by molar-refractivity contribution is -0.0294. The number of anilines is 1. The zero-order valence-electron chi connectivity index (χ0n) is 8.52. The maximum atomic E-state index is 5.69. The van der Waals surface area contributed by atoms with E-state index in [1.54, 1.807) is 11.7 Å². The van der Waals surface area contributed by atoms with Crippen LogP contribution >= 0.6 is 12.2 Å². The van der Waals surface area contributed by atoms with Crippen molar-refractivity contribution < 1.29 is 9.47 Å². The molecule has 1 aliphatic heterocycles. The number of hydrogen-bond donors (Lipinski definition) is 2. The summed E-state index contributed by atoms with van der Waals surface area (Å²) in [7, 11) is 1.68. The minimum absolute atomic E-state index is 0.323. The molecule has 2 heterocycles. The molecular weight excluding hydrogens is 216 g/mol. The zero-order chi connectivity index (χ0) is 10.9. The van der Waals surface area contributed by atoms with Gasteiger partial charge in [-0.3, -0.25) is 4.57 Å². The van der Waals surface area contributed by atoms with Crippen molar-refractivity contribution >= 4 is 18.2 Å². The van der Waals surface area contributed by atoms with E-state index >= 15 is 0 Å². The lowest BCUT2D eigenvalue weighted by Crippen LogP contribution is -2.37. The van der Waals surface area contributed by atoms with Crippen molar-refractivity contribution in [3.63, 3.8) is 0 Å². The number of methoxy groups -OCH3 is 1. The lowest BCUT2D eigenvalue weighted by Gasteiger charge is -2.25. The first-order valence-corrected chi connectivity index (χ1v) is 5.11. The molecule has 1 aromatic heterocycles. The van der Waals surface area contributed by atoms with Crippen molar-refractivity contribution in [2.24, 2.45) is 0 Å². The molecule has 84 valence electrons. The van der Waals surface area contributed by atoms with Crippen LogP contribution in [0.2, 0.25) is 0 Å². The highest BCUT2D eigenvalue weighted by Gasteiger charge is 2.36. The molecule has 15 heavy (non-hydrogen) atoms. The fourth-order valence-corrected chi connectivity index (χ4v) is 1.91. The molecule has 1 atom stereocenters. The Bertz CT molecular complexity index is 394. The van der Waals surface area contributed by atoms with Crippen LogP contribution in [0, 0.1) is 4.77 Å². The second kappa shape index (κ2) is 3.92.